The van der Waals surface area contributed by atoms with Gasteiger partial charge < -0.3 is 16.4 Å². The predicted octanol–water partition coefficient (Wildman–Crippen LogP) is 3.22. The quantitative estimate of drug-likeness (QED) is 0.631. The zero-order valence-corrected chi connectivity index (χ0v) is 14.4. The van der Waals surface area contributed by atoms with Gasteiger partial charge in [-0.15, -0.1) is 11.3 Å². The fraction of sp³-hybridized carbons (Fsp3) is 0.167. The Labute approximate surface area is 149 Å². The second kappa shape index (κ2) is 6.90. The number of thiazole rings is 1. The van der Waals surface area contributed by atoms with E-state index in [1.54, 1.807) is 11.3 Å². The molecule has 0 bridgehead atoms. The lowest BCUT2D eigenvalue weighted by Gasteiger charge is -2.14. The molecular formula is C18H18N6S. The van der Waals surface area contributed by atoms with Crippen LogP contribution in [0.3, 0.4) is 0 Å². The molecule has 4 N–H and O–H groups in total. The first-order valence-electron chi connectivity index (χ1n) is 8.12. The number of nitrogens with zero attached hydrogens (tertiary/aromatic N) is 3. The van der Waals surface area contributed by atoms with Crippen molar-refractivity contribution >= 4 is 28.1 Å². The van der Waals surface area contributed by atoms with Crippen LogP contribution in [0.4, 0.5) is 10.8 Å². The van der Waals surface area contributed by atoms with Gasteiger partial charge in [0.1, 0.15) is 5.69 Å². The Morgan fingerprint density at radius 1 is 1.00 bits per heavy atom. The van der Waals surface area contributed by atoms with Crippen molar-refractivity contribution in [2.45, 2.75) is 6.42 Å². The maximum atomic E-state index is 5.75. The monoisotopic (exact) mass is 350 g/mol. The molecule has 0 amide bonds. The summed E-state index contributed by atoms with van der Waals surface area (Å²) in [4.78, 5) is 13.8. The summed E-state index contributed by atoms with van der Waals surface area (Å²) in [5.41, 5.74) is 10.1. The Kier molecular flexibility index (Phi) is 4.30. The van der Waals surface area contributed by atoms with Crippen LogP contribution in [0.1, 0.15) is 6.42 Å². The van der Waals surface area contributed by atoms with E-state index in [2.05, 4.69) is 20.6 Å². The molecule has 0 saturated carbocycles. The first kappa shape index (κ1) is 15.6. The molecule has 0 radical (unpaired) electrons. The molecule has 0 spiro atoms. The van der Waals surface area contributed by atoms with Gasteiger partial charge in [0.05, 0.1) is 11.4 Å². The fourth-order valence-corrected chi connectivity index (χ4v) is 3.26. The first-order chi connectivity index (χ1) is 12.3. The Morgan fingerprint density at radius 2 is 1.84 bits per heavy atom. The van der Waals surface area contributed by atoms with E-state index in [1.807, 2.05) is 47.8 Å². The van der Waals surface area contributed by atoms with Crippen molar-refractivity contribution < 1.29 is 0 Å². The van der Waals surface area contributed by atoms with Gasteiger partial charge in [0, 0.05) is 29.7 Å². The third-order valence-corrected chi connectivity index (χ3v) is 4.60. The molecular weight excluding hydrogens is 332 g/mol. The van der Waals surface area contributed by atoms with Gasteiger partial charge in [-0.3, -0.25) is 4.99 Å². The fourth-order valence-electron chi connectivity index (χ4n) is 2.56. The summed E-state index contributed by atoms with van der Waals surface area (Å²) in [5.74, 6) is 0.788. The predicted molar refractivity (Wildman–Crippen MR) is 104 cm³/mol. The van der Waals surface area contributed by atoms with Crippen LogP contribution < -0.4 is 16.4 Å². The second-order valence-corrected chi connectivity index (χ2v) is 6.56. The summed E-state index contributed by atoms with van der Waals surface area (Å²) in [6.45, 7) is 1.79. The van der Waals surface area contributed by atoms with E-state index >= 15 is 0 Å². The highest BCUT2D eigenvalue weighted by Gasteiger charge is 2.10. The van der Waals surface area contributed by atoms with Gasteiger partial charge in [-0.05, 0) is 30.7 Å². The number of guanidine groups is 1. The average molecular weight is 350 g/mol. The number of hydrogen-bond acceptors (Lipinski definition) is 7. The van der Waals surface area contributed by atoms with Crippen molar-refractivity contribution in [1.82, 2.24) is 15.3 Å². The second-order valence-electron chi connectivity index (χ2n) is 5.70. The van der Waals surface area contributed by atoms with Crippen LogP contribution in [0.25, 0.3) is 22.6 Å². The number of nitrogens with two attached hydrogens (primary N) is 1. The lowest BCUT2D eigenvalue weighted by atomic mass is 10.1. The van der Waals surface area contributed by atoms with Crippen molar-refractivity contribution in [3.05, 3.63) is 47.8 Å². The number of benzene rings is 1. The van der Waals surface area contributed by atoms with E-state index in [0.29, 0.717) is 0 Å². The van der Waals surface area contributed by atoms with Crippen molar-refractivity contribution in [3.8, 4) is 22.6 Å². The molecule has 0 unspecified atom stereocenters. The van der Waals surface area contributed by atoms with Crippen LogP contribution in [-0.2, 0) is 0 Å². The Hall–Kier alpha value is -2.93. The van der Waals surface area contributed by atoms with Crippen molar-refractivity contribution in [1.29, 1.82) is 0 Å². The largest absolute Gasteiger partial charge is 0.399 e. The number of anilines is 2. The summed E-state index contributed by atoms with van der Waals surface area (Å²) in [6, 6.07) is 13.7. The molecule has 1 aliphatic rings. The number of hydrogen-bond donors (Lipinski definition) is 3. The van der Waals surface area contributed by atoms with E-state index in [-0.39, 0.29) is 0 Å². The smallest absolute Gasteiger partial charge is 0.197 e. The van der Waals surface area contributed by atoms with E-state index in [0.717, 1.165) is 58.9 Å². The molecule has 3 aromatic rings. The molecule has 4 rings (SSSR count). The van der Waals surface area contributed by atoms with Gasteiger partial charge >= 0.3 is 0 Å². The number of pyridine rings is 1. The molecule has 0 saturated heterocycles. The third-order valence-electron chi connectivity index (χ3n) is 3.84. The first-order valence-corrected chi connectivity index (χ1v) is 9.00. The summed E-state index contributed by atoms with van der Waals surface area (Å²) in [6.07, 6.45) is 1.07. The van der Waals surface area contributed by atoms with E-state index in [9.17, 15) is 0 Å². The van der Waals surface area contributed by atoms with Crippen LogP contribution >= 0.6 is 11.3 Å². The van der Waals surface area contributed by atoms with Gasteiger partial charge in [0.2, 0.25) is 0 Å². The molecule has 0 aliphatic carbocycles. The summed E-state index contributed by atoms with van der Waals surface area (Å²) < 4.78 is 0. The number of nitrogen functional groups attached to an aromatic ring is 1. The minimum Gasteiger partial charge on any atom is -0.399 e. The third kappa shape index (κ3) is 3.61. The molecule has 25 heavy (non-hydrogen) atoms. The molecule has 0 fully saturated rings. The maximum absolute atomic E-state index is 5.75. The number of rotatable bonds is 3. The zero-order valence-electron chi connectivity index (χ0n) is 13.6. The molecule has 1 aliphatic heterocycles. The van der Waals surface area contributed by atoms with Crippen LogP contribution in [-0.4, -0.2) is 29.0 Å². The van der Waals surface area contributed by atoms with E-state index in [4.69, 9.17) is 10.7 Å². The van der Waals surface area contributed by atoms with Crippen molar-refractivity contribution in [2.24, 2.45) is 4.99 Å². The van der Waals surface area contributed by atoms with Crippen LogP contribution in [0.5, 0.6) is 0 Å². The molecule has 2 aromatic heterocycles. The molecule has 7 heteroatoms. The number of nitrogens with one attached hydrogen (secondary N) is 2. The van der Waals surface area contributed by atoms with Crippen LogP contribution in [0.2, 0.25) is 0 Å². The molecule has 1 aromatic carbocycles. The van der Waals surface area contributed by atoms with Crippen LogP contribution in [0.15, 0.2) is 52.8 Å². The molecule has 6 nitrogen and oxygen atoms in total. The molecule has 3 heterocycles. The topological polar surface area (TPSA) is 88.2 Å². The number of aliphatic imine (C=N–C) groups is 1. The van der Waals surface area contributed by atoms with Crippen LogP contribution in [0, 0.1) is 0 Å². The normalized spacial score (nSPS) is 13.8. The molecule has 126 valence electrons. The molecule has 0 atom stereocenters. The summed E-state index contributed by atoms with van der Waals surface area (Å²) in [5, 5.41) is 9.27. The van der Waals surface area contributed by atoms with Gasteiger partial charge in [-0.2, -0.15) is 0 Å². The van der Waals surface area contributed by atoms with E-state index in [1.165, 1.54) is 0 Å². The highest BCUT2D eigenvalue weighted by Crippen LogP contribution is 2.26. The highest BCUT2D eigenvalue weighted by molar-refractivity contribution is 7.14. The van der Waals surface area contributed by atoms with Gasteiger partial charge in [-0.25, -0.2) is 9.97 Å². The van der Waals surface area contributed by atoms with Gasteiger partial charge in [-0.1, -0.05) is 18.2 Å². The minimum absolute atomic E-state index is 0.745. The lowest BCUT2D eigenvalue weighted by molar-refractivity contribution is 0.740. The number of aromatic nitrogens is 2. The SMILES string of the molecule is Nc1ccc(-c2cccc(-c3csc(NC4=NCCCN4)n3)n2)cc1. The summed E-state index contributed by atoms with van der Waals surface area (Å²) in [7, 11) is 0. The van der Waals surface area contributed by atoms with Crippen molar-refractivity contribution in [3.63, 3.8) is 0 Å². The van der Waals surface area contributed by atoms with Gasteiger partial charge in [0.15, 0.2) is 11.1 Å². The Balaban J connectivity index is 1.57. The maximum Gasteiger partial charge on any atom is 0.197 e. The Bertz CT molecular complexity index is 900. The summed E-state index contributed by atoms with van der Waals surface area (Å²) >= 11 is 1.54. The minimum atomic E-state index is 0.745. The Morgan fingerprint density at radius 3 is 2.64 bits per heavy atom. The van der Waals surface area contributed by atoms with E-state index < -0.39 is 0 Å². The zero-order chi connectivity index (χ0) is 17.1. The highest BCUT2D eigenvalue weighted by atomic mass is 32.1. The van der Waals surface area contributed by atoms with Gasteiger partial charge in [0.25, 0.3) is 0 Å². The lowest BCUT2D eigenvalue weighted by Crippen LogP contribution is -2.35. The average Bonchev–Trinajstić information content (AvgIpc) is 3.12. The van der Waals surface area contributed by atoms with Crippen molar-refractivity contribution in [2.75, 3.05) is 24.1 Å². The standard InChI is InChI=1S/C18H18N6S/c19-13-7-5-12(6-8-13)14-3-1-4-15(22-14)16-11-25-18(23-16)24-17-20-9-2-10-21-17/h1,3-8,11H,2,9-10,19H2,(H2,20,21,23,24).